The predicted octanol–water partition coefficient (Wildman–Crippen LogP) is 3.47. The SMILES string of the molecule is CN1CC[C@]2(C)c3cc(O)ccc3C[C@@H]1[C@@]2(C)CCC(C)(C)O. The number of rotatable bonds is 3. The molecule has 1 fully saturated rings. The molecule has 3 atom stereocenters. The molecule has 2 N–H and O–H groups in total. The van der Waals surface area contributed by atoms with E-state index in [9.17, 15) is 10.2 Å². The third kappa shape index (κ3) is 2.58. The largest absolute Gasteiger partial charge is 0.508 e. The number of piperidine rings is 1. The van der Waals surface area contributed by atoms with Gasteiger partial charge in [-0.25, -0.2) is 0 Å². The van der Waals surface area contributed by atoms with E-state index in [0.29, 0.717) is 11.8 Å². The molecule has 0 unspecified atom stereocenters. The lowest BCUT2D eigenvalue weighted by Gasteiger charge is -2.62. The number of phenolic OH excluding ortho intramolecular Hbond substituents is 1. The lowest BCUT2D eigenvalue weighted by molar-refractivity contribution is -0.0585. The molecule has 3 rings (SSSR count). The fourth-order valence-electron chi connectivity index (χ4n) is 4.99. The van der Waals surface area contributed by atoms with Crippen LogP contribution in [0.1, 0.15) is 58.1 Å². The third-order valence-electron chi connectivity index (χ3n) is 6.85. The molecule has 3 heteroatoms. The van der Waals surface area contributed by atoms with Crippen molar-refractivity contribution in [3.8, 4) is 5.75 Å². The van der Waals surface area contributed by atoms with Crippen LogP contribution in [0, 0.1) is 5.41 Å². The zero-order valence-corrected chi connectivity index (χ0v) is 15.2. The number of phenols is 1. The summed E-state index contributed by atoms with van der Waals surface area (Å²) in [5, 5.41) is 20.3. The van der Waals surface area contributed by atoms with Crippen molar-refractivity contribution in [2.75, 3.05) is 13.6 Å². The first-order chi connectivity index (χ1) is 10.6. The van der Waals surface area contributed by atoms with E-state index >= 15 is 0 Å². The van der Waals surface area contributed by atoms with Gasteiger partial charge < -0.3 is 15.1 Å². The molecular weight excluding hydrogens is 286 g/mol. The molecule has 1 aromatic rings. The molecule has 1 saturated heterocycles. The molecule has 1 heterocycles. The maximum Gasteiger partial charge on any atom is 0.115 e. The number of likely N-dealkylation sites (N-methyl/N-ethyl adjacent to an activating group) is 1. The van der Waals surface area contributed by atoms with Crippen molar-refractivity contribution in [2.24, 2.45) is 5.41 Å². The van der Waals surface area contributed by atoms with Crippen LogP contribution >= 0.6 is 0 Å². The number of aliphatic hydroxyl groups is 1. The van der Waals surface area contributed by atoms with Crippen LogP contribution in [-0.4, -0.2) is 40.3 Å². The normalized spacial score (nSPS) is 34.3. The van der Waals surface area contributed by atoms with Gasteiger partial charge in [0.15, 0.2) is 0 Å². The Bertz CT molecular complexity index is 606. The van der Waals surface area contributed by atoms with Crippen molar-refractivity contribution >= 4 is 0 Å². The Hall–Kier alpha value is -1.06. The smallest absolute Gasteiger partial charge is 0.115 e. The van der Waals surface area contributed by atoms with Gasteiger partial charge in [-0.1, -0.05) is 19.9 Å². The molecule has 128 valence electrons. The summed E-state index contributed by atoms with van der Waals surface area (Å²) in [5.41, 5.74) is 2.20. The zero-order chi connectivity index (χ0) is 17.0. The fraction of sp³-hybridized carbons (Fsp3) is 0.700. The van der Waals surface area contributed by atoms with E-state index in [1.807, 2.05) is 26.0 Å². The van der Waals surface area contributed by atoms with E-state index in [-0.39, 0.29) is 10.8 Å². The molecule has 1 aliphatic carbocycles. The van der Waals surface area contributed by atoms with Crippen molar-refractivity contribution in [1.82, 2.24) is 4.90 Å². The van der Waals surface area contributed by atoms with Gasteiger partial charge in [-0.15, -0.1) is 0 Å². The number of hydrogen-bond acceptors (Lipinski definition) is 3. The topological polar surface area (TPSA) is 43.7 Å². The summed E-state index contributed by atoms with van der Waals surface area (Å²) in [6.45, 7) is 9.66. The molecule has 0 amide bonds. The minimum absolute atomic E-state index is 0.0434. The standard InChI is InChI=1S/C20H31NO2/c1-18(2,23)8-9-20(4)17-12-14-6-7-15(22)13-16(14)19(20,3)10-11-21(17)5/h6-7,13,17,22-23H,8-12H2,1-5H3/t17-,19-,20-/m1/s1. The van der Waals surface area contributed by atoms with Crippen LogP contribution in [0.2, 0.25) is 0 Å². The maximum atomic E-state index is 10.3. The van der Waals surface area contributed by atoms with E-state index in [1.54, 1.807) is 0 Å². The van der Waals surface area contributed by atoms with Crippen LogP contribution in [-0.2, 0) is 11.8 Å². The molecule has 2 aliphatic rings. The molecule has 2 bridgehead atoms. The van der Waals surface area contributed by atoms with Crippen molar-refractivity contribution < 1.29 is 10.2 Å². The zero-order valence-electron chi connectivity index (χ0n) is 15.2. The number of fused-ring (bicyclic) bond motifs is 4. The molecule has 23 heavy (non-hydrogen) atoms. The van der Waals surface area contributed by atoms with Crippen LogP contribution in [0.5, 0.6) is 5.75 Å². The second kappa shape index (κ2) is 5.22. The van der Waals surface area contributed by atoms with Gasteiger partial charge >= 0.3 is 0 Å². The summed E-state index contributed by atoms with van der Waals surface area (Å²) in [6.07, 6.45) is 3.93. The monoisotopic (exact) mass is 317 g/mol. The lowest BCUT2D eigenvalue weighted by atomic mass is 9.48. The number of likely N-dealkylation sites (tertiary alicyclic amines) is 1. The second-order valence-corrected chi connectivity index (χ2v) is 8.85. The van der Waals surface area contributed by atoms with Crippen molar-refractivity contribution in [1.29, 1.82) is 0 Å². The van der Waals surface area contributed by atoms with Crippen LogP contribution in [0.15, 0.2) is 18.2 Å². The van der Waals surface area contributed by atoms with Gasteiger partial charge in [0.05, 0.1) is 5.60 Å². The highest BCUT2D eigenvalue weighted by Crippen LogP contribution is 2.58. The van der Waals surface area contributed by atoms with Gasteiger partial charge in [-0.2, -0.15) is 0 Å². The number of aromatic hydroxyl groups is 1. The third-order valence-corrected chi connectivity index (χ3v) is 6.85. The van der Waals surface area contributed by atoms with E-state index in [0.717, 1.165) is 32.2 Å². The summed E-state index contributed by atoms with van der Waals surface area (Å²) in [4.78, 5) is 2.50. The van der Waals surface area contributed by atoms with E-state index in [2.05, 4.69) is 31.9 Å². The molecular formula is C20H31NO2. The van der Waals surface area contributed by atoms with E-state index in [1.165, 1.54) is 11.1 Å². The van der Waals surface area contributed by atoms with Gasteiger partial charge in [0, 0.05) is 11.5 Å². The Morgan fingerprint density at radius 3 is 2.65 bits per heavy atom. The van der Waals surface area contributed by atoms with Gasteiger partial charge in [-0.05, 0) is 81.8 Å². The quantitative estimate of drug-likeness (QED) is 0.897. The molecule has 0 radical (unpaired) electrons. The molecule has 1 aromatic carbocycles. The maximum absolute atomic E-state index is 10.3. The van der Waals surface area contributed by atoms with Crippen LogP contribution < -0.4 is 0 Å². The number of hydrogen-bond donors (Lipinski definition) is 2. The van der Waals surface area contributed by atoms with Crippen molar-refractivity contribution in [3.63, 3.8) is 0 Å². The van der Waals surface area contributed by atoms with Gasteiger partial charge in [-0.3, -0.25) is 0 Å². The lowest BCUT2D eigenvalue weighted by Crippen LogP contribution is -2.64. The minimum atomic E-state index is -0.634. The Morgan fingerprint density at radius 2 is 2.00 bits per heavy atom. The first-order valence-corrected chi connectivity index (χ1v) is 8.82. The summed E-state index contributed by atoms with van der Waals surface area (Å²) >= 11 is 0. The highest BCUT2D eigenvalue weighted by molar-refractivity contribution is 5.45. The Kier molecular flexibility index (Phi) is 3.81. The van der Waals surface area contributed by atoms with E-state index in [4.69, 9.17) is 0 Å². The summed E-state index contributed by atoms with van der Waals surface area (Å²) in [5.74, 6) is 0.368. The van der Waals surface area contributed by atoms with Gasteiger partial charge in [0.1, 0.15) is 5.75 Å². The predicted molar refractivity (Wildman–Crippen MR) is 93.8 cm³/mol. The summed E-state index contributed by atoms with van der Waals surface area (Å²) in [7, 11) is 2.23. The summed E-state index contributed by atoms with van der Waals surface area (Å²) < 4.78 is 0. The van der Waals surface area contributed by atoms with Crippen molar-refractivity contribution in [3.05, 3.63) is 29.3 Å². The van der Waals surface area contributed by atoms with Crippen LogP contribution in [0.4, 0.5) is 0 Å². The number of benzene rings is 1. The number of nitrogens with zero attached hydrogens (tertiary/aromatic N) is 1. The average molecular weight is 317 g/mol. The van der Waals surface area contributed by atoms with Crippen LogP contribution in [0.3, 0.4) is 0 Å². The molecule has 0 aromatic heterocycles. The Balaban J connectivity index is 2.08. The van der Waals surface area contributed by atoms with Gasteiger partial charge in [0.25, 0.3) is 0 Å². The molecule has 1 aliphatic heterocycles. The Labute approximate surface area is 140 Å². The highest BCUT2D eigenvalue weighted by atomic mass is 16.3. The molecule has 3 nitrogen and oxygen atoms in total. The summed E-state index contributed by atoms with van der Waals surface area (Å²) in [6, 6.07) is 6.39. The first kappa shape index (κ1) is 16.8. The molecule has 0 saturated carbocycles. The Morgan fingerprint density at radius 1 is 1.30 bits per heavy atom. The molecule has 0 spiro atoms. The first-order valence-electron chi connectivity index (χ1n) is 8.82. The minimum Gasteiger partial charge on any atom is -0.508 e. The van der Waals surface area contributed by atoms with Crippen molar-refractivity contribution in [2.45, 2.75) is 70.4 Å². The average Bonchev–Trinajstić information content (AvgIpc) is 2.45. The van der Waals surface area contributed by atoms with Gasteiger partial charge in [0.2, 0.25) is 0 Å². The second-order valence-electron chi connectivity index (χ2n) is 8.85. The highest BCUT2D eigenvalue weighted by Gasteiger charge is 2.57. The fourth-order valence-corrected chi connectivity index (χ4v) is 4.99. The van der Waals surface area contributed by atoms with E-state index < -0.39 is 5.60 Å². The van der Waals surface area contributed by atoms with Crippen LogP contribution in [0.25, 0.3) is 0 Å².